The molecule has 266 valence electrons. The number of rotatable bonds is 9. The lowest BCUT2D eigenvalue weighted by Gasteiger charge is -2.52. The maximum absolute atomic E-state index is 14.2. The van der Waals surface area contributed by atoms with Gasteiger partial charge in [-0.25, -0.2) is 28.5 Å². The molecule has 0 bridgehead atoms. The van der Waals surface area contributed by atoms with Gasteiger partial charge in [0.1, 0.15) is 18.1 Å². The van der Waals surface area contributed by atoms with E-state index < -0.39 is 34.7 Å². The van der Waals surface area contributed by atoms with E-state index in [1.165, 1.54) is 34.2 Å². The lowest BCUT2D eigenvalue weighted by Crippen LogP contribution is -2.54. The molecule has 3 aliphatic rings. The van der Waals surface area contributed by atoms with Gasteiger partial charge in [0.05, 0.1) is 49.9 Å². The van der Waals surface area contributed by atoms with Crippen LogP contribution in [-0.4, -0.2) is 67.6 Å². The lowest BCUT2D eigenvalue weighted by molar-refractivity contribution is -0.139. The number of aryl methyl sites for hydroxylation is 2. The Balaban J connectivity index is 1.30. The summed E-state index contributed by atoms with van der Waals surface area (Å²) >= 11 is 0. The number of hydrogen-bond acceptors (Lipinski definition) is 10. The standard InChI is InChI=1S/C37H39N5O9/c1-20-16-28(44)23-17-26-21(32(37(23,2)33(20)45)22-8-6-7-9-29(22)51-15-14-43)10-13-41-35(47)40(36(48)42(26)41)12-11-24-34(46)39(3)27-19-31(50-5)30(49-4)18-25(27)38-24/h6-10,16,18-19,23,26,32,43H,11-15,17H2,1-5H3/t23-,26+,32+,37+/m0/s1. The third-order valence-corrected chi connectivity index (χ3v) is 10.8. The molecular formula is C37H39N5O9. The van der Waals surface area contributed by atoms with Crippen molar-refractivity contribution in [1.82, 2.24) is 23.5 Å². The molecule has 1 N–H and O–H groups in total. The first-order chi connectivity index (χ1) is 24.5. The number of para-hydroxylation sites is 1. The Labute approximate surface area is 291 Å². The van der Waals surface area contributed by atoms with Gasteiger partial charge in [0.15, 0.2) is 23.1 Å². The van der Waals surface area contributed by atoms with Gasteiger partial charge in [-0.05, 0) is 36.6 Å². The van der Waals surface area contributed by atoms with Gasteiger partial charge in [-0.1, -0.05) is 31.2 Å². The zero-order valence-corrected chi connectivity index (χ0v) is 29.0. The number of methoxy groups -OCH3 is 2. The number of aliphatic hydroxyl groups is 1. The Morgan fingerprint density at radius 1 is 1.00 bits per heavy atom. The first kappa shape index (κ1) is 34.0. The van der Waals surface area contributed by atoms with Gasteiger partial charge in [0, 0.05) is 49.5 Å². The van der Waals surface area contributed by atoms with Crippen LogP contribution in [0, 0.1) is 11.3 Å². The average molecular weight is 698 g/mol. The molecule has 0 amide bonds. The van der Waals surface area contributed by atoms with Crippen molar-refractivity contribution in [3.05, 3.63) is 102 Å². The van der Waals surface area contributed by atoms with Crippen LogP contribution in [-0.2, 0) is 36.1 Å². The van der Waals surface area contributed by atoms with Gasteiger partial charge in [-0.3, -0.25) is 14.4 Å². The Kier molecular flexibility index (Phi) is 8.44. The normalized spacial score (nSPS) is 22.5. The van der Waals surface area contributed by atoms with E-state index >= 15 is 0 Å². The van der Waals surface area contributed by atoms with Crippen molar-refractivity contribution in [2.24, 2.45) is 18.4 Å². The summed E-state index contributed by atoms with van der Waals surface area (Å²) in [6, 6.07) is 9.82. The number of carbonyl (C=O) groups excluding carboxylic acids is 2. The number of ether oxygens (including phenoxy) is 3. The van der Waals surface area contributed by atoms with Gasteiger partial charge in [0.2, 0.25) is 0 Å². The predicted octanol–water partition coefficient (Wildman–Crippen LogP) is 2.08. The Bertz CT molecular complexity index is 2360. The third-order valence-electron chi connectivity index (χ3n) is 10.8. The van der Waals surface area contributed by atoms with E-state index in [0.29, 0.717) is 39.4 Å². The number of aromatic nitrogens is 5. The van der Waals surface area contributed by atoms with E-state index in [1.807, 2.05) is 18.2 Å². The van der Waals surface area contributed by atoms with E-state index in [4.69, 9.17) is 14.2 Å². The molecule has 14 heteroatoms. The predicted molar refractivity (Wildman–Crippen MR) is 186 cm³/mol. The highest BCUT2D eigenvalue weighted by Gasteiger charge is 2.60. The van der Waals surface area contributed by atoms with Crippen LogP contribution in [0.15, 0.2) is 74.1 Å². The molecule has 4 atom stereocenters. The molecule has 2 aliphatic carbocycles. The van der Waals surface area contributed by atoms with Crippen molar-refractivity contribution in [2.45, 2.75) is 51.7 Å². The molecule has 0 saturated heterocycles. The topological polar surface area (TPSA) is 166 Å². The molecule has 14 nitrogen and oxygen atoms in total. The SMILES string of the molecule is COc1cc2nc(CCn3c(=O)n4n(c3=O)[C@@H]3C[C@H]5C(=O)C=C(C)C(=O)[C@@]5(C)[C@@H](c5ccccc5OCCO)C3=CC4)c(=O)n(C)c2cc1OC. The van der Waals surface area contributed by atoms with Crippen LogP contribution in [0.3, 0.4) is 0 Å². The third kappa shape index (κ3) is 5.10. The largest absolute Gasteiger partial charge is 0.493 e. The Morgan fingerprint density at radius 3 is 2.45 bits per heavy atom. The number of benzene rings is 2. The summed E-state index contributed by atoms with van der Waals surface area (Å²) in [7, 11) is 4.61. The van der Waals surface area contributed by atoms with Gasteiger partial charge >= 0.3 is 11.4 Å². The molecule has 1 saturated carbocycles. The number of nitrogens with zero attached hydrogens (tertiary/aromatic N) is 5. The van der Waals surface area contributed by atoms with Crippen molar-refractivity contribution >= 4 is 22.6 Å². The minimum absolute atomic E-state index is 0.00295. The van der Waals surface area contributed by atoms with E-state index in [9.17, 15) is 29.1 Å². The summed E-state index contributed by atoms with van der Waals surface area (Å²) in [5, 5.41) is 9.52. The molecule has 2 aromatic heterocycles. The average Bonchev–Trinajstić information content (AvgIpc) is 3.37. The van der Waals surface area contributed by atoms with Crippen molar-refractivity contribution in [3.8, 4) is 17.2 Å². The van der Waals surface area contributed by atoms with Crippen LogP contribution < -0.4 is 31.1 Å². The molecular weight excluding hydrogens is 658 g/mol. The van der Waals surface area contributed by atoms with Crippen LogP contribution in [0.4, 0.5) is 0 Å². The van der Waals surface area contributed by atoms with Gasteiger partial charge in [-0.2, -0.15) is 0 Å². The molecule has 2 aromatic carbocycles. The molecule has 0 unspecified atom stereocenters. The number of allylic oxidation sites excluding steroid dienone is 4. The maximum atomic E-state index is 14.2. The first-order valence-corrected chi connectivity index (χ1v) is 16.8. The van der Waals surface area contributed by atoms with Crippen LogP contribution in [0.25, 0.3) is 11.0 Å². The van der Waals surface area contributed by atoms with Crippen LogP contribution in [0.2, 0.25) is 0 Å². The van der Waals surface area contributed by atoms with Crippen LogP contribution in [0.5, 0.6) is 17.2 Å². The number of fused-ring (bicyclic) bond motifs is 5. The second kappa shape index (κ2) is 12.7. The van der Waals surface area contributed by atoms with Gasteiger partial charge in [-0.15, -0.1) is 0 Å². The summed E-state index contributed by atoms with van der Waals surface area (Å²) in [4.78, 5) is 73.9. The highest BCUT2D eigenvalue weighted by Crippen LogP contribution is 2.60. The fourth-order valence-electron chi connectivity index (χ4n) is 8.34. The number of ketones is 2. The minimum atomic E-state index is -1.19. The highest BCUT2D eigenvalue weighted by molar-refractivity contribution is 6.13. The fourth-order valence-corrected chi connectivity index (χ4v) is 8.34. The second-order valence-corrected chi connectivity index (χ2v) is 13.4. The first-order valence-electron chi connectivity index (χ1n) is 16.8. The number of carbonyl (C=O) groups is 2. The number of aliphatic hydroxyl groups excluding tert-OH is 1. The fraction of sp³-hybridized carbons (Fsp3) is 0.405. The van der Waals surface area contributed by atoms with Crippen molar-refractivity contribution < 1.29 is 28.9 Å². The summed E-state index contributed by atoms with van der Waals surface area (Å²) in [5.41, 5.74) is 0.201. The zero-order chi connectivity index (χ0) is 36.4. The molecule has 1 aliphatic heterocycles. The lowest BCUT2D eigenvalue weighted by atomic mass is 9.51. The summed E-state index contributed by atoms with van der Waals surface area (Å²) < 4.78 is 22.0. The summed E-state index contributed by atoms with van der Waals surface area (Å²) in [6.45, 7) is 3.19. The monoisotopic (exact) mass is 697 g/mol. The molecule has 51 heavy (non-hydrogen) atoms. The Hall–Kier alpha value is -5.50. The zero-order valence-electron chi connectivity index (χ0n) is 29.0. The van der Waals surface area contributed by atoms with E-state index in [0.717, 1.165) is 10.1 Å². The molecule has 1 fully saturated rings. The molecule has 7 rings (SSSR count). The number of hydrogen-bond donors (Lipinski definition) is 1. The maximum Gasteiger partial charge on any atom is 0.347 e. The van der Waals surface area contributed by atoms with Crippen LogP contribution in [0.1, 0.15) is 43.5 Å². The molecule has 0 spiro atoms. The highest BCUT2D eigenvalue weighted by atomic mass is 16.5. The van der Waals surface area contributed by atoms with E-state index in [1.54, 1.807) is 45.2 Å². The number of Topliss-reactive ketones (excluding diaryl/α,β-unsaturated/α-hetero) is 1. The van der Waals surface area contributed by atoms with Gasteiger partial charge in [0.25, 0.3) is 5.56 Å². The van der Waals surface area contributed by atoms with Crippen LogP contribution >= 0.6 is 0 Å². The van der Waals surface area contributed by atoms with Crippen molar-refractivity contribution in [3.63, 3.8) is 0 Å². The summed E-state index contributed by atoms with van der Waals surface area (Å²) in [6.07, 6.45) is 3.38. The second-order valence-electron chi connectivity index (χ2n) is 13.4. The quantitative estimate of drug-likeness (QED) is 0.256. The molecule has 4 aromatic rings. The smallest absolute Gasteiger partial charge is 0.347 e. The van der Waals surface area contributed by atoms with Crippen molar-refractivity contribution in [2.75, 3.05) is 27.4 Å². The minimum Gasteiger partial charge on any atom is -0.493 e. The van der Waals surface area contributed by atoms with E-state index in [2.05, 4.69) is 4.98 Å². The molecule has 0 radical (unpaired) electrons. The molecule has 3 heterocycles. The van der Waals surface area contributed by atoms with E-state index in [-0.39, 0.29) is 62.0 Å². The van der Waals surface area contributed by atoms with Gasteiger partial charge < -0.3 is 23.9 Å². The summed E-state index contributed by atoms with van der Waals surface area (Å²) in [5.74, 6) is -0.501. The Morgan fingerprint density at radius 2 is 1.73 bits per heavy atom. The van der Waals surface area contributed by atoms with Crippen molar-refractivity contribution in [1.29, 1.82) is 0 Å².